The molecule has 1 aromatic rings. The SMILES string of the molecule is COCCS(=O)(=O)c1ccc(C(=O)N2CCN(C(=O)OC(C)(C)C)CC2)cc1. The second-order valence-corrected chi connectivity index (χ2v) is 9.70. The molecule has 2 rings (SSSR count). The van der Waals surface area contributed by atoms with Crippen LogP contribution in [0.5, 0.6) is 0 Å². The molecule has 0 saturated carbocycles. The van der Waals surface area contributed by atoms with Crippen LogP contribution in [0.2, 0.25) is 0 Å². The molecular formula is C19H28N2O6S. The van der Waals surface area contributed by atoms with Crippen molar-refractivity contribution >= 4 is 21.8 Å². The largest absolute Gasteiger partial charge is 0.444 e. The first-order valence-corrected chi connectivity index (χ1v) is 10.8. The molecule has 28 heavy (non-hydrogen) atoms. The van der Waals surface area contributed by atoms with Gasteiger partial charge < -0.3 is 19.3 Å². The third kappa shape index (κ3) is 5.93. The number of nitrogens with zero attached hydrogens (tertiary/aromatic N) is 2. The van der Waals surface area contributed by atoms with Crippen LogP contribution < -0.4 is 0 Å². The van der Waals surface area contributed by atoms with Crippen LogP contribution in [0.1, 0.15) is 31.1 Å². The molecule has 0 atom stereocenters. The zero-order chi connectivity index (χ0) is 20.9. The van der Waals surface area contributed by atoms with E-state index >= 15 is 0 Å². The second kappa shape index (κ2) is 8.91. The van der Waals surface area contributed by atoms with Crippen molar-refractivity contribution in [1.82, 2.24) is 9.80 Å². The Labute approximate surface area is 166 Å². The summed E-state index contributed by atoms with van der Waals surface area (Å²) in [5, 5.41) is 0. The van der Waals surface area contributed by atoms with E-state index in [0.29, 0.717) is 31.7 Å². The number of sulfone groups is 1. The average molecular weight is 413 g/mol. The number of piperazine rings is 1. The van der Waals surface area contributed by atoms with Gasteiger partial charge in [-0.15, -0.1) is 0 Å². The monoisotopic (exact) mass is 412 g/mol. The lowest BCUT2D eigenvalue weighted by molar-refractivity contribution is 0.0141. The molecule has 0 radical (unpaired) electrons. The molecule has 2 amide bonds. The van der Waals surface area contributed by atoms with E-state index in [1.165, 1.54) is 31.4 Å². The topological polar surface area (TPSA) is 93.2 Å². The zero-order valence-electron chi connectivity index (χ0n) is 16.8. The van der Waals surface area contributed by atoms with E-state index in [0.717, 1.165) is 0 Å². The van der Waals surface area contributed by atoms with E-state index < -0.39 is 15.4 Å². The van der Waals surface area contributed by atoms with Crippen molar-refractivity contribution in [3.63, 3.8) is 0 Å². The summed E-state index contributed by atoms with van der Waals surface area (Å²) in [5.74, 6) is -0.298. The Morgan fingerprint density at radius 2 is 1.54 bits per heavy atom. The summed E-state index contributed by atoms with van der Waals surface area (Å²) in [6, 6.07) is 5.91. The van der Waals surface area contributed by atoms with Crippen molar-refractivity contribution in [1.29, 1.82) is 0 Å². The summed E-state index contributed by atoms with van der Waals surface area (Å²) in [5.41, 5.74) is -0.147. The fourth-order valence-electron chi connectivity index (χ4n) is 2.72. The summed E-state index contributed by atoms with van der Waals surface area (Å²) in [4.78, 5) is 28.2. The standard InChI is InChI=1S/C19H28N2O6S/c1-19(2,3)27-18(23)21-11-9-20(10-12-21)17(22)15-5-7-16(8-6-15)28(24,25)14-13-26-4/h5-8H,9-14H2,1-4H3. The van der Waals surface area contributed by atoms with Crippen LogP contribution in [0.4, 0.5) is 4.79 Å². The van der Waals surface area contributed by atoms with Gasteiger partial charge in [-0.2, -0.15) is 0 Å². The van der Waals surface area contributed by atoms with E-state index in [2.05, 4.69) is 0 Å². The van der Waals surface area contributed by atoms with Crippen LogP contribution in [0, 0.1) is 0 Å². The van der Waals surface area contributed by atoms with Crippen LogP contribution in [0.25, 0.3) is 0 Å². The molecule has 0 aliphatic carbocycles. The minimum Gasteiger partial charge on any atom is -0.444 e. The Bertz CT molecular complexity index is 791. The van der Waals surface area contributed by atoms with Crippen LogP contribution in [-0.4, -0.2) is 81.5 Å². The predicted molar refractivity (Wildman–Crippen MR) is 104 cm³/mol. The van der Waals surface area contributed by atoms with Crippen LogP contribution in [-0.2, 0) is 19.3 Å². The Hall–Kier alpha value is -2.13. The Morgan fingerprint density at radius 1 is 1.00 bits per heavy atom. The van der Waals surface area contributed by atoms with Crippen LogP contribution in [0.3, 0.4) is 0 Å². The van der Waals surface area contributed by atoms with Crippen molar-refractivity contribution in [2.75, 3.05) is 45.6 Å². The number of benzene rings is 1. The van der Waals surface area contributed by atoms with Crippen LogP contribution in [0.15, 0.2) is 29.2 Å². The van der Waals surface area contributed by atoms with Crippen molar-refractivity contribution in [2.45, 2.75) is 31.3 Å². The quantitative estimate of drug-likeness (QED) is 0.732. The van der Waals surface area contributed by atoms with E-state index in [1.807, 2.05) is 20.8 Å². The minimum absolute atomic E-state index is 0.108. The van der Waals surface area contributed by atoms with Crippen molar-refractivity contribution < 1.29 is 27.5 Å². The summed E-state index contributed by atoms with van der Waals surface area (Å²) in [6.45, 7) is 7.12. The van der Waals surface area contributed by atoms with Gasteiger partial charge in [0.25, 0.3) is 5.91 Å². The molecule has 1 aliphatic rings. The maximum atomic E-state index is 12.7. The minimum atomic E-state index is -3.43. The molecule has 0 unspecified atom stereocenters. The molecule has 0 bridgehead atoms. The number of methoxy groups -OCH3 is 1. The Kier molecular flexibility index (Phi) is 7.06. The molecule has 1 fully saturated rings. The van der Waals surface area contributed by atoms with Crippen molar-refractivity contribution in [3.05, 3.63) is 29.8 Å². The molecule has 156 valence electrons. The first-order chi connectivity index (χ1) is 13.0. The Morgan fingerprint density at radius 3 is 2.04 bits per heavy atom. The van der Waals surface area contributed by atoms with E-state index in [1.54, 1.807) is 9.80 Å². The normalized spacial score (nSPS) is 15.4. The fraction of sp³-hybridized carbons (Fsp3) is 0.579. The number of hydrogen-bond acceptors (Lipinski definition) is 6. The van der Waals surface area contributed by atoms with Gasteiger partial charge in [0.2, 0.25) is 0 Å². The summed E-state index contributed by atoms with van der Waals surface area (Å²) in [7, 11) is -1.99. The third-order valence-corrected chi connectivity index (χ3v) is 5.93. The molecule has 0 N–H and O–H groups in total. The maximum Gasteiger partial charge on any atom is 0.410 e. The number of amides is 2. The number of carbonyl (C=O) groups is 2. The smallest absolute Gasteiger partial charge is 0.410 e. The van der Waals surface area contributed by atoms with Gasteiger partial charge in [0.1, 0.15) is 5.60 Å². The highest BCUT2D eigenvalue weighted by atomic mass is 32.2. The highest BCUT2D eigenvalue weighted by molar-refractivity contribution is 7.91. The third-order valence-electron chi connectivity index (χ3n) is 4.24. The highest BCUT2D eigenvalue weighted by Gasteiger charge is 2.28. The lowest BCUT2D eigenvalue weighted by atomic mass is 10.2. The van der Waals surface area contributed by atoms with E-state index in [9.17, 15) is 18.0 Å². The molecule has 9 heteroatoms. The maximum absolute atomic E-state index is 12.7. The zero-order valence-corrected chi connectivity index (χ0v) is 17.6. The van der Waals surface area contributed by atoms with Gasteiger partial charge in [-0.25, -0.2) is 13.2 Å². The summed E-state index contributed by atoms with van der Waals surface area (Å²) in [6.07, 6.45) is -0.384. The van der Waals surface area contributed by atoms with Gasteiger partial charge in [-0.1, -0.05) is 0 Å². The van der Waals surface area contributed by atoms with Gasteiger partial charge in [0.05, 0.1) is 17.3 Å². The van der Waals surface area contributed by atoms with E-state index in [-0.39, 0.29) is 29.3 Å². The molecular weight excluding hydrogens is 384 g/mol. The number of carbonyl (C=O) groups excluding carboxylic acids is 2. The molecule has 1 aromatic carbocycles. The van der Waals surface area contributed by atoms with Crippen molar-refractivity contribution in [2.24, 2.45) is 0 Å². The molecule has 1 heterocycles. The first kappa shape index (κ1) is 22.2. The summed E-state index contributed by atoms with van der Waals surface area (Å²) < 4.78 is 34.5. The first-order valence-electron chi connectivity index (χ1n) is 9.12. The molecule has 8 nitrogen and oxygen atoms in total. The number of rotatable bonds is 5. The summed E-state index contributed by atoms with van der Waals surface area (Å²) >= 11 is 0. The van der Waals surface area contributed by atoms with Crippen LogP contribution >= 0.6 is 0 Å². The molecule has 0 aromatic heterocycles. The van der Waals surface area contributed by atoms with Gasteiger partial charge in [-0.3, -0.25) is 4.79 Å². The van der Waals surface area contributed by atoms with Gasteiger partial charge in [0, 0.05) is 38.9 Å². The average Bonchev–Trinajstić information content (AvgIpc) is 2.65. The highest BCUT2D eigenvalue weighted by Crippen LogP contribution is 2.16. The Balaban J connectivity index is 1.96. The predicted octanol–water partition coefficient (Wildman–Crippen LogP) is 1.80. The van der Waals surface area contributed by atoms with Crippen molar-refractivity contribution in [3.8, 4) is 0 Å². The van der Waals surface area contributed by atoms with Gasteiger partial charge in [0.15, 0.2) is 9.84 Å². The second-order valence-electron chi connectivity index (χ2n) is 7.60. The lowest BCUT2D eigenvalue weighted by Gasteiger charge is -2.35. The van der Waals surface area contributed by atoms with Gasteiger partial charge in [-0.05, 0) is 45.0 Å². The van der Waals surface area contributed by atoms with E-state index in [4.69, 9.17) is 9.47 Å². The lowest BCUT2D eigenvalue weighted by Crippen LogP contribution is -2.51. The molecule has 0 spiro atoms. The molecule has 1 saturated heterocycles. The fourth-order valence-corrected chi connectivity index (χ4v) is 3.89. The van der Waals surface area contributed by atoms with Gasteiger partial charge >= 0.3 is 6.09 Å². The molecule has 1 aliphatic heterocycles. The number of hydrogen-bond donors (Lipinski definition) is 0. The number of ether oxygens (including phenoxy) is 2.